The summed E-state index contributed by atoms with van der Waals surface area (Å²) >= 11 is 0. The Morgan fingerprint density at radius 1 is 1.03 bits per heavy atom. The number of hydrogen-bond donors (Lipinski definition) is 3. The maximum absolute atomic E-state index is 11.8. The molecule has 1 amide bonds. The average Bonchev–Trinajstić information content (AvgIpc) is 2.75. The third-order valence-electron chi connectivity index (χ3n) is 5.19. The Labute approximate surface area is 198 Å². The van der Waals surface area contributed by atoms with Crippen molar-refractivity contribution in [2.45, 2.75) is 39.0 Å². The van der Waals surface area contributed by atoms with Crippen molar-refractivity contribution in [3.63, 3.8) is 0 Å². The van der Waals surface area contributed by atoms with E-state index in [-0.39, 0.29) is 35.3 Å². The monoisotopic (exact) mass is 522 g/mol. The van der Waals surface area contributed by atoms with Crippen LogP contribution in [-0.2, 0) is 18.3 Å². The molecule has 0 fully saturated rings. The molecule has 0 saturated carbocycles. The van der Waals surface area contributed by atoms with E-state index in [4.69, 9.17) is 0 Å². The van der Waals surface area contributed by atoms with Crippen molar-refractivity contribution in [1.29, 1.82) is 0 Å². The molecule has 0 aliphatic heterocycles. The molecule has 0 unspecified atom stereocenters. The van der Waals surface area contributed by atoms with E-state index >= 15 is 0 Å². The van der Waals surface area contributed by atoms with Crippen LogP contribution in [0.1, 0.15) is 47.8 Å². The van der Waals surface area contributed by atoms with Crippen molar-refractivity contribution in [1.82, 2.24) is 16.0 Å². The lowest BCUT2D eigenvalue weighted by Crippen LogP contribution is -2.44. The Hall–Kier alpha value is -2.09. The molecule has 30 heavy (non-hydrogen) atoms. The van der Waals surface area contributed by atoms with Crippen LogP contribution >= 0.6 is 24.0 Å². The first-order valence-electron chi connectivity index (χ1n) is 10.2. The summed E-state index contributed by atoms with van der Waals surface area (Å²) in [6, 6.07) is 16.6. The number of halogens is 1. The second-order valence-electron chi connectivity index (χ2n) is 7.82. The van der Waals surface area contributed by atoms with E-state index < -0.39 is 0 Å². The summed E-state index contributed by atoms with van der Waals surface area (Å²) in [6.07, 6.45) is 1.87. The Kier molecular flexibility index (Phi) is 10.9. The molecule has 6 heteroatoms. The van der Waals surface area contributed by atoms with Gasteiger partial charge in [0.05, 0.1) is 0 Å². The molecule has 3 N–H and O–H groups in total. The Bertz CT molecular complexity index is 831. The number of carbonyl (C=O) groups is 1. The van der Waals surface area contributed by atoms with Gasteiger partial charge < -0.3 is 16.0 Å². The van der Waals surface area contributed by atoms with Crippen LogP contribution in [0.3, 0.4) is 0 Å². The zero-order chi connectivity index (χ0) is 21.3. The minimum Gasteiger partial charge on any atom is -0.356 e. The molecule has 164 valence electrons. The minimum atomic E-state index is -0.0634. The summed E-state index contributed by atoms with van der Waals surface area (Å²) in [5, 5.41) is 9.46. The van der Waals surface area contributed by atoms with Crippen molar-refractivity contribution < 1.29 is 4.79 Å². The van der Waals surface area contributed by atoms with Gasteiger partial charge in [0.25, 0.3) is 5.91 Å². The highest BCUT2D eigenvalue weighted by Crippen LogP contribution is 2.22. The third kappa shape index (κ3) is 7.63. The zero-order valence-corrected chi connectivity index (χ0v) is 21.0. The van der Waals surface area contributed by atoms with E-state index in [0.717, 1.165) is 37.5 Å². The number of hydrogen-bond acceptors (Lipinski definition) is 2. The van der Waals surface area contributed by atoms with Crippen LogP contribution in [0.15, 0.2) is 53.5 Å². The largest absolute Gasteiger partial charge is 0.356 e. The van der Waals surface area contributed by atoms with Crippen molar-refractivity contribution in [3.05, 3.63) is 70.8 Å². The molecule has 0 aliphatic carbocycles. The maximum Gasteiger partial charge on any atom is 0.251 e. The fraction of sp³-hybridized carbons (Fsp3) is 0.417. The van der Waals surface area contributed by atoms with Gasteiger partial charge in [-0.05, 0) is 41.7 Å². The van der Waals surface area contributed by atoms with Crippen LogP contribution in [0.5, 0.6) is 0 Å². The summed E-state index contributed by atoms with van der Waals surface area (Å²) in [5.74, 6) is 0.720. The lowest BCUT2D eigenvalue weighted by molar-refractivity contribution is 0.0963. The van der Waals surface area contributed by atoms with E-state index in [1.54, 1.807) is 14.1 Å². The number of nitrogens with zero attached hydrogens (tertiary/aromatic N) is 1. The quantitative estimate of drug-likeness (QED) is 0.280. The Morgan fingerprint density at radius 3 is 2.33 bits per heavy atom. The molecule has 0 atom stereocenters. The van der Waals surface area contributed by atoms with Gasteiger partial charge in [0, 0.05) is 38.2 Å². The van der Waals surface area contributed by atoms with Gasteiger partial charge in [-0.1, -0.05) is 57.2 Å². The summed E-state index contributed by atoms with van der Waals surface area (Å²) in [7, 11) is 3.43. The smallest absolute Gasteiger partial charge is 0.251 e. The molecule has 0 bridgehead atoms. The molecule has 2 aromatic rings. The highest BCUT2D eigenvalue weighted by atomic mass is 127. The number of amides is 1. The highest BCUT2D eigenvalue weighted by Gasteiger charge is 2.20. The summed E-state index contributed by atoms with van der Waals surface area (Å²) < 4.78 is 0. The fourth-order valence-electron chi connectivity index (χ4n) is 3.16. The molecule has 0 heterocycles. The van der Waals surface area contributed by atoms with Crippen LogP contribution in [0.25, 0.3) is 0 Å². The molecule has 2 aromatic carbocycles. The lowest BCUT2D eigenvalue weighted by atomic mass is 9.84. The van der Waals surface area contributed by atoms with Crippen molar-refractivity contribution >= 4 is 35.8 Å². The van der Waals surface area contributed by atoms with Gasteiger partial charge in [-0.3, -0.25) is 9.79 Å². The molecular formula is C24H35IN4O. The minimum absolute atomic E-state index is 0. The zero-order valence-electron chi connectivity index (χ0n) is 18.7. The molecule has 0 saturated heterocycles. The second-order valence-corrected chi connectivity index (χ2v) is 7.82. The average molecular weight is 522 g/mol. The second kappa shape index (κ2) is 12.6. The first kappa shape index (κ1) is 25.9. The van der Waals surface area contributed by atoms with Gasteiger partial charge in [-0.25, -0.2) is 0 Å². The van der Waals surface area contributed by atoms with Gasteiger partial charge in [0.1, 0.15) is 0 Å². The number of nitrogens with one attached hydrogen (secondary N) is 3. The van der Waals surface area contributed by atoms with Gasteiger partial charge >= 0.3 is 0 Å². The predicted molar refractivity (Wildman–Crippen MR) is 137 cm³/mol. The van der Waals surface area contributed by atoms with E-state index in [2.05, 4.69) is 66.0 Å². The number of carbonyl (C=O) groups excluding carboxylic acids is 1. The first-order valence-corrected chi connectivity index (χ1v) is 10.2. The fourth-order valence-corrected chi connectivity index (χ4v) is 3.16. The van der Waals surface area contributed by atoms with Crippen LogP contribution in [0.4, 0.5) is 0 Å². The Morgan fingerprint density at radius 2 is 1.73 bits per heavy atom. The normalized spacial score (nSPS) is 11.4. The first-order chi connectivity index (χ1) is 13.9. The maximum atomic E-state index is 11.8. The number of aryl methyl sites for hydroxylation is 1. The molecule has 0 aliphatic rings. The van der Waals surface area contributed by atoms with Crippen molar-refractivity contribution in [2.24, 2.45) is 4.99 Å². The van der Waals surface area contributed by atoms with Gasteiger partial charge in [-0.2, -0.15) is 0 Å². The van der Waals surface area contributed by atoms with E-state index in [0.29, 0.717) is 5.56 Å². The molecule has 0 aromatic heterocycles. The Balaban J connectivity index is 0.00000450. The van der Waals surface area contributed by atoms with Crippen molar-refractivity contribution in [3.8, 4) is 0 Å². The topological polar surface area (TPSA) is 65.5 Å². The third-order valence-corrected chi connectivity index (χ3v) is 5.19. The van der Waals surface area contributed by atoms with E-state index in [1.165, 1.54) is 11.1 Å². The summed E-state index contributed by atoms with van der Waals surface area (Å²) in [6.45, 7) is 8.16. The van der Waals surface area contributed by atoms with Crippen LogP contribution in [-0.4, -0.2) is 39.1 Å². The molecule has 0 radical (unpaired) electrons. The molecule has 2 rings (SSSR count). The van der Waals surface area contributed by atoms with Crippen molar-refractivity contribution in [2.75, 3.05) is 27.2 Å². The number of guanidine groups is 1. The molecular weight excluding hydrogens is 487 g/mol. The highest BCUT2D eigenvalue weighted by molar-refractivity contribution is 14.0. The number of aliphatic imine (C=N–C) groups is 1. The standard InChI is InChI=1S/C24H34N4O.HI/c1-6-18-10-12-21(13-11-18)24(2,3)17-28-23(26-5)27-15-14-19-8-7-9-20(16-19)22(29)25-4;/h7-13,16H,6,14-15,17H2,1-5H3,(H,25,29)(H2,26,27,28);1H. The van der Waals surface area contributed by atoms with Crippen LogP contribution in [0, 0.1) is 0 Å². The molecule has 5 nitrogen and oxygen atoms in total. The predicted octanol–water partition coefficient (Wildman–Crippen LogP) is 3.91. The van der Waals surface area contributed by atoms with E-state index in [9.17, 15) is 4.79 Å². The van der Waals surface area contributed by atoms with Gasteiger partial charge in [0.2, 0.25) is 0 Å². The number of rotatable bonds is 8. The molecule has 0 spiro atoms. The van der Waals surface area contributed by atoms with Crippen LogP contribution < -0.4 is 16.0 Å². The SMILES string of the molecule is CCc1ccc(C(C)(C)CNC(=NC)NCCc2cccc(C(=O)NC)c2)cc1.I. The van der Waals surface area contributed by atoms with Crippen LogP contribution in [0.2, 0.25) is 0 Å². The summed E-state index contributed by atoms with van der Waals surface area (Å²) in [4.78, 5) is 16.1. The van der Waals surface area contributed by atoms with Gasteiger partial charge in [-0.15, -0.1) is 24.0 Å². The summed E-state index contributed by atoms with van der Waals surface area (Å²) in [5.41, 5.74) is 4.46. The number of benzene rings is 2. The lowest BCUT2D eigenvalue weighted by Gasteiger charge is -2.27. The van der Waals surface area contributed by atoms with E-state index in [1.807, 2.05) is 24.3 Å². The van der Waals surface area contributed by atoms with Gasteiger partial charge in [0.15, 0.2) is 5.96 Å².